The number of carbonyl (C=O) groups is 3. The number of carbonyl (C=O) groups excluding carboxylic acids is 3. The highest BCUT2D eigenvalue weighted by Gasteiger charge is 2.53. The summed E-state index contributed by atoms with van der Waals surface area (Å²) in [5, 5.41) is 21.9. The highest BCUT2D eigenvalue weighted by atomic mass is 16.6. The Morgan fingerprint density at radius 2 is 1.09 bits per heavy atom. The molecule has 0 N–H and O–H groups in total. The number of nitro groups is 2. The first-order valence-electron chi connectivity index (χ1n) is 13.9. The minimum absolute atomic E-state index is 0.0732. The fraction of sp³-hybridized carbons (Fsp3) is 0.0294. The number of benzene rings is 5. The molecule has 230 valence electrons. The molecule has 0 atom stereocenters. The molecule has 2 aliphatic rings. The summed E-state index contributed by atoms with van der Waals surface area (Å²) in [7, 11) is 0. The molecule has 0 radical (unpaired) electrons. The van der Waals surface area contributed by atoms with Gasteiger partial charge in [-0.2, -0.15) is 0 Å². The van der Waals surface area contributed by atoms with Crippen LogP contribution in [0.15, 0.2) is 109 Å². The largest absolute Gasteiger partial charge is 0.456 e. The van der Waals surface area contributed by atoms with E-state index >= 15 is 0 Å². The molecule has 2 heterocycles. The second kappa shape index (κ2) is 10.9. The van der Waals surface area contributed by atoms with Crippen molar-refractivity contribution in [3.8, 4) is 23.0 Å². The van der Waals surface area contributed by atoms with E-state index in [0.717, 1.165) is 0 Å². The van der Waals surface area contributed by atoms with E-state index in [1.807, 2.05) is 0 Å². The summed E-state index contributed by atoms with van der Waals surface area (Å²) in [5.41, 5.74) is 0.0919. The first-order chi connectivity index (χ1) is 22.6. The van der Waals surface area contributed by atoms with Gasteiger partial charge >= 0.3 is 17.9 Å². The molecule has 0 saturated heterocycles. The first-order valence-corrected chi connectivity index (χ1v) is 13.9. The summed E-state index contributed by atoms with van der Waals surface area (Å²) < 4.78 is 23.4. The van der Waals surface area contributed by atoms with Crippen LogP contribution in [0.4, 0.5) is 11.4 Å². The Balaban J connectivity index is 1.25. The maximum Gasteiger partial charge on any atom is 0.343 e. The lowest BCUT2D eigenvalue weighted by Crippen LogP contribution is -2.33. The van der Waals surface area contributed by atoms with Crippen molar-refractivity contribution in [3.63, 3.8) is 0 Å². The van der Waals surface area contributed by atoms with Gasteiger partial charge in [0.25, 0.3) is 11.4 Å². The van der Waals surface area contributed by atoms with E-state index in [4.69, 9.17) is 18.9 Å². The van der Waals surface area contributed by atoms with Crippen LogP contribution in [0.25, 0.3) is 0 Å². The van der Waals surface area contributed by atoms with E-state index in [9.17, 15) is 34.6 Å². The minimum atomic E-state index is -1.46. The summed E-state index contributed by atoms with van der Waals surface area (Å²) in [4.78, 5) is 59.6. The zero-order valence-electron chi connectivity index (χ0n) is 23.8. The normalized spacial score (nSPS) is 13.3. The van der Waals surface area contributed by atoms with Gasteiger partial charge in [-0.05, 0) is 54.6 Å². The van der Waals surface area contributed by atoms with Crippen LogP contribution in [0.5, 0.6) is 23.0 Å². The predicted molar refractivity (Wildman–Crippen MR) is 161 cm³/mol. The van der Waals surface area contributed by atoms with Gasteiger partial charge in [0, 0.05) is 53.1 Å². The SMILES string of the molecule is O=C(Oc1ccc2c(c1)Oc1cc(OC(=O)c3ccc([N+](=O)[O-])cc3)ccc1C21OC(=O)c2ccccc21)c1ccc([N+](=O)[O-])cc1. The summed E-state index contributed by atoms with van der Waals surface area (Å²) in [5.74, 6) is -1.62. The summed E-state index contributed by atoms with van der Waals surface area (Å²) in [6, 6.07) is 25.8. The Morgan fingerprint density at radius 3 is 1.55 bits per heavy atom. The summed E-state index contributed by atoms with van der Waals surface area (Å²) >= 11 is 0. The fourth-order valence-corrected chi connectivity index (χ4v) is 5.53. The lowest BCUT2D eigenvalue weighted by Gasteiger charge is -2.36. The van der Waals surface area contributed by atoms with Crippen molar-refractivity contribution in [2.45, 2.75) is 5.60 Å². The van der Waals surface area contributed by atoms with Gasteiger partial charge in [-0.15, -0.1) is 0 Å². The monoisotopic (exact) mass is 630 g/mol. The average molecular weight is 631 g/mol. The lowest BCUT2D eigenvalue weighted by molar-refractivity contribution is -0.385. The fourth-order valence-electron chi connectivity index (χ4n) is 5.53. The van der Waals surface area contributed by atoms with Gasteiger partial charge in [-0.1, -0.05) is 18.2 Å². The number of non-ortho nitro benzene ring substituents is 2. The van der Waals surface area contributed by atoms with Crippen molar-refractivity contribution in [1.29, 1.82) is 0 Å². The third-order valence-corrected chi connectivity index (χ3v) is 7.71. The van der Waals surface area contributed by atoms with E-state index in [-0.39, 0.29) is 45.5 Å². The van der Waals surface area contributed by atoms with E-state index < -0.39 is 33.4 Å². The lowest BCUT2D eigenvalue weighted by atomic mass is 9.77. The molecule has 2 aliphatic heterocycles. The standard InChI is InChI=1S/C34H18N2O11/c37-31(19-5-9-21(10-6-19)35(40)41)44-23-13-15-27-29(17-23)46-30-18-24(45-32(38)20-7-11-22(12-8-20)36(42)43)14-16-28(30)34(27)26-4-2-1-3-25(26)33(39)47-34/h1-18H. The number of hydrogen-bond acceptors (Lipinski definition) is 11. The average Bonchev–Trinajstić information content (AvgIpc) is 3.37. The molecule has 0 fully saturated rings. The molecule has 13 heteroatoms. The van der Waals surface area contributed by atoms with Crippen LogP contribution in [0.1, 0.15) is 47.8 Å². The molecule has 7 rings (SSSR count). The number of hydrogen-bond donors (Lipinski definition) is 0. The van der Waals surface area contributed by atoms with Gasteiger partial charge in [0.15, 0.2) is 5.60 Å². The van der Waals surface area contributed by atoms with Gasteiger partial charge < -0.3 is 18.9 Å². The highest BCUT2D eigenvalue weighted by Crippen LogP contribution is 2.57. The number of rotatable bonds is 6. The van der Waals surface area contributed by atoms with Crippen LogP contribution in [0.3, 0.4) is 0 Å². The Labute approximate surface area is 263 Å². The number of esters is 3. The van der Waals surface area contributed by atoms with Crippen LogP contribution in [0.2, 0.25) is 0 Å². The minimum Gasteiger partial charge on any atom is -0.456 e. The van der Waals surface area contributed by atoms with Gasteiger partial charge in [0.05, 0.1) is 26.5 Å². The number of nitro benzene ring substituents is 2. The number of nitrogens with zero attached hydrogens (tertiary/aromatic N) is 2. The van der Waals surface area contributed by atoms with Gasteiger partial charge in [0.2, 0.25) is 0 Å². The Bertz CT molecular complexity index is 2040. The zero-order valence-corrected chi connectivity index (χ0v) is 23.8. The van der Waals surface area contributed by atoms with Crippen molar-refractivity contribution in [1.82, 2.24) is 0 Å². The summed E-state index contributed by atoms with van der Waals surface area (Å²) in [6.07, 6.45) is 0. The van der Waals surface area contributed by atoms with E-state index in [1.165, 1.54) is 72.8 Å². The Hall–Kier alpha value is -6.89. The molecular weight excluding hydrogens is 612 g/mol. The molecule has 5 aromatic rings. The molecule has 5 aromatic carbocycles. The Morgan fingerprint density at radius 1 is 0.617 bits per heavy atom. The van der Waals surface area contributed by atoms with Crippen LogP contribution in [-0.4, -0.2) is 27.8 Å². The van der Waals surface area contributed by atoms with E-state index in [2.05, 4.69) is 0 Å². The van der Waals surface area contributed by atoms with Gasteiger partial charge in [-0.3, -0.25) is 20.2 Å². The zero-order chi connectivity index (χ0) is 32.9. The van der Waals surface area contributed by atoms with Crippen molar-refractivity contribution in [2.24, 2.45) is 0 Å². The molecule has 0 aliphatic carbocycles. The second-order valence-corrected chi connectivity index (χ2v) is 10.4. The van der Waals surface area contributed by atoms with Crippen LogP contribution < -0.4 is 14.2 Å². The maximum atomic E-state index is 13.1. The smallest absolute Gasteiger partial charge is 0.343 e. The summed E-state index contributed by atoms with van der Waals surface area (Å²) in [6.45, 7) is 0. The van der Waals surface area contributed by atoms with Crippen molar-refractivity contribution < 1.29 is 43.2 Å². The van der Waals surface area contributed by atoms with Crippen LogP contribution in [0, 0.1) is 20.2 Å². The van der Waals surface area contributed by atoms with E-state index in [1.54, 1.807) is 36.4 Å². The Kier molecular flexibility index (Phi) is 6.71. The first kappa shape index (κ1) is 28.9. The van der Waals surface area contributed by atoms with Crippen molar-refractivity contribution in [2.75, 3.05) is 0 Å². The topological polar surface area (TPSA) is 174 Å². The third kappa shape index (κ3) is 4.88. The maximum absolute atomic E-state index is 13.1. The molecule has 0 unspecified atom stereocenters. The quantitative estimate of drug-likeness (QED) is 0.0865. The molecule has 0 bridgehead atoms. The second-order valence-electron chi connectivity index (χ2n) is 10.4. The molecule has 13 nitrogen and oxygen atoms in total. The molecule has 0 amide bonds. The number of fused-ring (bicyclic) bond motifs is 6. The molecule has 0 aromatic heterocycles. The van der Waals surface area contributed by atoms with Crippen molar-refractivity contribution >= 4 is 29.3 Å². The molecule has 47 heavy (non-hydrogen) atoms. The molecule has 0 saturated carbocycles. The van der Waals surface area contributed by atoms with E-state index in [0.29, 0.717) is 22.3 Å². The predicted octanol–water partition coefficient (Wildman–Crippen LogP) is 6.51. The number of ether oxygens (including phenoxy) is 4. The molecular formula is C34H18N2O11. The highest BCUT2D eigenvalue weighted by molar-refractivity contribution is 5.97. The molecule has 1 spiro atoms. The van der Waals surface area contributed by atoms with Crippen LogP contribution in [-0.2, 0) is 10.3 Å². The van der Waals surface area contributed by atoms with Crippen molar-refractivity contribution in [3.05, 3.63) is 163 Å². The van der Waals surface area contributed by atoms with Gasteiger partial charge in [-0.25, -0.2) is 14.4 Å². The van der Waals surface area contributed by atoms with Gasteiger partial charge in [0.1, 0.15) is 23.0 Å². The third-order valence-electron chi connectivity index (χ3n) is 7.71. The van der Waals surface area contributed by atoms with Crippen LogP contribution >= 0.6 is 0 Å².